The molecule has 0 saturated carbocycles. The Morgan fingerprint density at radius 1 is 1.33 bits per heavy atom. The monoisotopic (exact) mass is 343 g/mol. The number of aromatic amines is 1. The van der Waals surface area contributed by atoms with Crippen LogP contribution in [0.15, 0.2) is 35.1 Å². The summed E-state index contributed by atoms with van der Waals surface area (Å²) in [6, 6.07) is 9.35. The van der Waals surface area contributed by atoms with Crippen LogP contribution < -0.4 is 22.3 Å². The van der Waals surface area contributed by atoms with Crippen LogP contribution in [0.2, 0.25) is 0 Å². The summed E-state index contributed by atoms with van der Waals surface area (Å²) in [5.74, 6) is 0.577. The van der Waals surface area contributed by atoms with Crippen molar-refractivity contribution in [2.75, 3.05) is 11.1 Å². The summed E-state index contributed by atoms with van der Waals surface area (Å²) in [5.41, 5.74) is 13.5. The molecule has 2 heterocycles. The maximum Gasteiger partial charge on any atom is 0.295 e. The van der Waals surface area contributed by atoms with E-state index in [4.69, 9.17) is 23.7 Å². The predicted octanol–water partition coefficient (Wildman–Crippen LogP) is 1.17. The topological polar surface area (TPSA) is 120 Å². The van der Waals surface area contributed by atoms with E-state index in [2.05, 4.69) is 15.5 Å². The van der Waals surface area contributed by atoms with Gasteiger partial charge in [-0.2, -0.15) is 5.10 Å². The van der Waals surface area contributed by atoms with Crippen LogP contribution in [-0.2, 0) is 7.05 Å². The lowest BCUT2D eigenvalue weighted by molar-refractivity contribution is 0.630. The minimum Gasteiger partial charge on any atom is -0.389 e. The molecule has 0 aliphatic carbocycles. The van der Waals surface area contributed by atoms with E-state index in [1.165, 1.54) is 0 Å². The molecule has 8 nitrogen and oxygen atoms in total. The van der Waals surface area contributed by atoms with Crippen LogP contribution in [0.4, 0.5) is 17.3 Å². The molecule has 0 saturated heterocycles. The highest BCUT2D eigenvalue weighted by Crippen LogP contribution is 2.23. The van der Waals surface area contributed by atoms with Gasteiger partial charge in [0.15, 0.2) is 5.82 Å². The van der Waals surface area contributed by atoms with Gasteiger partial charge in [0.1, 0.15) is 16.5 Å². The Morgan fingerprint density at radius 3 is 2.62 bits per heavy atom. The molecular weight excluding hydrogens is 326 g/mol. The van der Waals surface area contributed by atoms with E-state index in [1.807, 2.05) is 44.3 Å². The number of aromatic nitrogens is 4. The number of para-hydroxylation sites is 1. The van der Waals surface area contributed by atoms with E-state index in [0.717, 1.165) is 11.4 Å². The van der Waals surface area contributed by atoms with Gasteiger partial charge in [-0.15, -0.1) is 0 Å². The molecule has 0 spiro atoms. The number of nitrogen functional groups attached to an aromatic ring is 1. The van der Waals surface area contributed by atoms with Gasteiger partial charge >= 0.3 is 0 Å². The highest BCUT2D eigenvalue weighted by molar-refractivity contribution is 7.80. The average molecular weight is 343 g/mol. The number of nitrogens with two attached hydrogens (primary N) is 2. The van der Waals surface area contributed by atoms with Crippen molar-refractivity contribution < 1.29 is 0 Å². The standard InChI is InChI=1S/C15H17N7OS/c1-8-11(18-14-10(13(17)24)12(16)19-20-14)15(23)22(21(8)2)9-6-4-3-5-7-9/h3-7H,1-2H3,(H2,17,24)(H4,16,18,19,20). The highest BCUT2D eigenvalue weighted by Gasteiger charge is 2.20. The van der Waals surface area contributed by atoms with Crippen molar-refractivity contribution in [3.05, 3.63) is 51.9 Å². The van der Waals surface area contributed by atoms with Gasteiger partial charge in [0.2, 0.25) is 0 Å². The molecule has 0 fully saturated rings. The van der Waals surface area contributed by atoms with E-state index < -0.39 is 0 Å². The molecule has 3 rings (SSSR count). The van der Waals surface area contributed by atoms with Crippen molar-refractivity contribution in [3.8, 4) is 5.69 Å². The average Bonchev–Trinajstić information content (AvgIpc) is 3.02. The molecule has 9 heteroatoms. The lowest BCUT2D eigenvalue weighted by Gasteiger charge is -2.07. The van der Waals surface area contributed by atoms with Gasteiger partial charge in [0, 0.05) is 7.05 Å². The van der Waals surface area contributed by atoms with Crippen LogP contribution in [0, 0.1) is 6.92 Å². The minimum absolute atomic E-state index is 0.0979. The number of nitrogens with zero attached hydrogens (tertiary/aromatic N) is 3. The number of nitrogens with one attached hydrogen (secondary N) is 2. The number of hydrogen-bond acceptors (Lipinski definition) is 5. The summed E-state index contributed by atoms with van der Waals surface area (Å²) in [4.78, 5) is 12.9. The van der Waals surface area contributed by atoms with Crippen LogP contribution in [-0.4, -0.2) is 24.5 Å². The van der Waals surface area contributed by atoms with E-state index in [9.17, 15) is 4.79 Å². The number of hydrogen-bond donors (Lipinski definition) is 4. The molecular formula is C15H17N7OS. The van der Waals surface area contributed by atoms with E-state index in [1.54, 1.807) is 9.36 Å². The van der Waals surface area contributed by atoms with E-state index in [0.29, 0.717) is 17.1 Å². The van der Waals surface area contributed by atoms with Crippen molar-refractivity contribution in [2.45, 2.75) is 6.92 Å². The molecule has 1 aromatic carbocycles. The predicted molar refractivity (Wildman–Crippen MR) is 97.9 cm³/mol. The van der Waals surface area contributed by atoms with Crippen molar-refractivity contribution >= 4 is 34.5 Å². The molecule has 0 aliphatic rings. The Bertz CT molecular complexity index is 968. The fourth-order valence-corrected chi connectivity index (χ4v) is 2.73. The summed E-state index contributed by atoms with van der Waals surface area (Å²) >= 11 is 4.99. The van der Waals surface area contributed by atoms with Crippen molar-refractivity contribution in [2.24, 2.45) is 12.8 Å². The SMILES string of the molecule is Cc1c(Nc2n[nH]c(N)c2C(N)=S)c(=O)n(-c2ccccc2)n1C. The number of thiocarbonyl (C=S) groups is 1. The summed E-state index contributed by atoms with van der Waals surface area (Å²) in [5, 5.41) is 9.65. The molecule has 3 aromatic rings. The second-order valence-corrected chi connectivity index (χ2v) is 5.73. The fraction of sp³-hybridized carbons (Fsp3) is 0.133. The summed E-state index contributed by atoms with van der Waals surface area (Å²) < 4.78 is 3.32. The zero-order valence-electron chi connectivity index (χ0n) is 13.2. The first-order valence-corrected chi connectivity index (χ1v) is 7.57. The number of H-pyrrole nitrogens is 1. The molecule has 24 heavy (non-hydrogen) atoms. The van der Waals surface area contributed by atoms with Crippen LogP contribution in [0.1, 0.15) is 11.3 Å². The van der Waals surface area contributed by atoms with Crippen LogP contribution in [0.5, 0.6) is 0 Å². The smallest absolute Gasteiger partial charge is 0.295 e. The summed E-state index contributed by atoms with van der Waals surface area (Å²) in [6.07, 6.45) is 0. The molecule has 0 atom stereocenters. The third-order valence-electron chi connectivity index (χ3n) is 3.84. The Labute approximate surface area is 143 Å². The number of benzene rings is 1. The van der Waals surface area contributed by atoms with Crippen molar-refractivity contribution in [1.82, 2.24) is 19.6 Å². The Hall–Kier alpha value is -3.07. The van der Waals surface area contributed by atoms with Gasteiger partial charge in [-0.3, -0.25) is 14.6 Å². The third kappa shape index (κ3) is 2.44. The van der Waals surface area contributed by atoms with Crippen molar-refractivity contribution in [3.63, 3.8) is 0 Å². The summed E-state index contributed by atoms with van der Waals surface area (Å²) in [7, 11) is 1.81. The Balaban J connectivity index is 2.12. The molecule has 124 valence electrons. The number of anilines is 3. The molecule has 6 N–H and O–H groups in total. The maximum atomic E-state index is 12.8. The van der Waals surface area contributed by atoms with Gasteiger partial charge < -0.3 is 16.8 Å². The van der Waals surface area contributed by atoms with Gasteiger partial charge in [0.25, 0.3) is 5.56 Å². The highest BCUT2D eigenvalue weighted by atomic mass is 32.1. The molecule has 0 unspecified atom stereocenters. The molecule has 0 amide bonds. The normalized spacial score (nSPS) is 10.8. The Kier molecular flexibility index (Phi) is 3.86. The van der Waals surface area contributed by atoms with Crippen molar-refractivity contribution in [1.29, 1.82) is 0 Å². The van der Waals surface area contributed by atoms with Gasteiger partial charge in [-0.25, -0.2) is 4.68 Å². The molecule has 0 aliphatic heterocycles. The second kappa shape index (κ2) is 5.85. The minimum atomic E-state index is -0.211. The van der Waals surface area contributed by atoms with Gasteiger partial charge in [-0.1, -0.05) is 30.4 Å². The van der Waals surface area contributed by atoms with Crippen LogP contribution >= 0.6 is 12.2 Å². The van der Waals surface area contributed by atoms with E-state index in [-0.39, 0.29) is 16.4 Å². The second-order valence-electron chi connectivity index (χ2n) is 5.29. The lowest BCUT2D eigenvalue weighted by atomic mass is 10.3. The molecule has 0 bridgehead atoms. The zero-order valence-corrected chi connectivity index (χ0v) is 14.0. The van der Waals surface area contributed by atoms with Gasteiger partial charge in [-0.05, 0) is 19.1 Å². The maximum absolute atomic E-state index is 12.8. The Morgan fingerprint density at radius 2 is 2.00 bits per heavy atom. The first kappa shape index (κ1) is 15.8. The van der Waals surface area contributed by atoms with Crippen LogP contribution in [0.3, 0.4) is 0 Å². The molecule has 2 aromatic heterocycles. The summed E-state index contributed by atoms with van der Waals surface area (Å²) in [6.45, 7) is 1.83. The zero-order chi connectivity index (χ0) is 17.4. The first-order valence-electron chi connectivity index (χ1n) is 7.16. The number of rotatable bonds is 4. The quantitative estimate of drug-likeness (QED) is 0.528. The van der Waals surface area contributed by atoms with Gasteiger partial charge in [0.05, 0.1) is 16.9 Å². The fourth-order valence-electron chi connectivity index (χ4n) is 2.53. The lowest BCUT2D eigenvalue weighted by Crippen LogP contribution is -2.20. The largest absolute Gasteiger partial charge is 0.389 e. The van der Waals surface area contributed by atoms with E-state index >= 15 is 0 Å². The first-order chi connectivity index (χ1) is 11.4. The van der Waals surface area contributed by atoms with Crippen LogP contribution in [0.25, 0.3) is 5.69 Å². The third-order valence-corrected chi connectivity index (χ3v) is 4.04. The molecule has 0 radical (unpaired) electrons.